The second-order valence-corrected chi connectivity index (χ2v) is 17.5. The van der Waals surface area contributed by atoms with Crippen LogP contribution in [0.1, 0.15) is 16.1 Å². The Morgan fingerprint density at radius 3 is 2.41 bits per heavy atom. The van der Waals surface area contributed by atoms with Crippen molar-refractivity contribution in [3.05, 3.63) is 102 Å². The quantitative estimate of drug-likeness (QED) is 0.198. The van der Waals surface area contributed by atoms with Crippen molar-refractivity contribution in [2.75, 3.05) is 0 Å². The van der Waals surface area contributed by atoms with Gasteiger partial charge in [0.25, 0.3) is 5.56 Å². The maximum absolute atomic E-state index is 13.0. The SMILES string of the molecule is Cn1c(C(O)(c2ccc3c(c2)c(-c2cccc([Si](C)(C)C)c2)cc(=O)n3C)c2ccc(Cl)s2)c[nH]c1=S. The Morgan fingerprint density at radius 2 is 1.78 bits per heavy atom. The van der Waals surface area contributed by atoms with Gasteiger partial charge in [0.1, 0.15) is 0 Å². The summed E-state index contributed by atoms with van der Waals surface area (Å²) in [7, 11) is 2.03. The molecule has 5 aromatic rings. The van der Waals surface area contributed by atoms with Crippen molar-refractivity contribution in [3.8, 4) is 11.1 Å². The van der Waals surface area contributed by atoms with Crippen LogP contribution in [0.4, 0.5) is 0 Å². The standard InChI is InChI=1S/C28H28ClN3O2S2Si/c1-31-22-10-9-18(28(34,24-11-12-25(29)36-24)23-16-30-27(35)32(23)2)14-21(22)20(15-26(31)33)17-7-6-8-19(13-17)37(3,4)5/h6-16,34H,1-5H3,(H,30,35). The highest BCUT2D eigenvalue weighted by Gasteiger charge is 2.38. The number of fused-ring (bicyclic) bond motifs is 1. The Kier molecular flexibility index (Phi) is 6.45. The number of halogens is 1. The lowest BCUT2D eigenvalue weighted by Gasteiger charge is -2.29. The number of hydrogen-bond donors (Lipinski definition) is 2. The Bertz CT molecular complexity index is 1780. The average Bonchev–Trinajstić information content (AvgIpc) is 3.45. The van der Waals surface area contributed by atoms with Crippen molar-refractivity contribution in [2.45, 2.75) is 25.2 Å². The minimum absolute atomic E-state index is 0.0817. The van der Waals surface area contributed by atoms with Gasteiger partial charge >= 0.3 is 0 Å². The second kappa shape index (κ2) is 9.22. The van der Waals surface area contributed by atoms with E-state index in [1.54, 1.807) is 34.5 Å². The van der Waals surface area contributed by atoms with E-state index in [4.69, 9.17) is 23.8 Å². The molecule has 0 spiro atoms. The Labute approximate surface area is 230 Å². The molecule has 0 aliphatic rings. The van der Waals surface area contributed by atoms with Gasteiger partial charge in [0.15, 0.2) is 10.4 Å². The van der Waals surface area contributed by atoms with E-state index in [1.807, 2.05) is 37.4 Å². The van der Waals surface area contributed by atoms with Gasteiger partial charge in [-0.3, -0.25) is 4.79 Å². The first-order chi connectivity index (χ1) is 17.4. The highest BCUT2D eigenvalue weighted by molar-refractivity contribution is 7.71. The molecule has 0 aliphatic heterocycles. The van der Waals surface area contributed by atoms with Crippen LogP contribution in [0.25, 0.3) is 22.0 Å². The smallest absolute Gasteiger partial charge is 0.251 e. The van der Waals surface area contributed by atoms with E-state index in [1.165, 1.54) is 16.5 Å². The van der Waals surface area contributed by atoms with Gasteiger partial charge in [-0.25, -0.2) is 0 Å². The van der Waals surface area contributed by atoms with Gasteiger partial charge in [0.05, 0.1) is 23.6 Å². The zero-order valence-corrected chi connectivity index (χ0v) is 24.7. The molecular formula is C28H28ClN3O2S2Si. The number of nitrogens with one attached hydrogen (secondary N) is 1. The molecule has 5 rings (SSSR count). The number of aryl methyl sites for hydroxylation is 1. The fourth-order valence-electron chi connectivity index (χ4n) is 4.78. The summed E-state index contributed by atoms with van der Waals surface area (Å²) in [6.07, 6.45) is 1.74. The number of hydrogen-bond acceptors (Lipinski definition) is 4. The number of aromatic amines is 1. The lowest BCUT2D eigenvalue weighted by Crippen LogP contribution is -2.37. The molecule has 2 N–H and O–H groups in total. The van der Waals surface area contributed by atoms with Gasteiger partial charge in [0, 0.05) is 36.6 Å². The first-order valence-corrected chi connectivity index (χ1v) is 17.0. The van der Waals surface area contributed by atoms with Crippen LogP contribution in [0, 0.1) is 4.77 Å². The van der Waals surface area contributed by atoms with E-state index >= 15 is 0 Å². The Hall–Kier alpha value is -2.75. The van der Waals surface area contributed by atoms with Crippen molar-refractivity contribution < 1.29 is 5.11 Å². The van der Waals surface area contributed by atoms with Gasteiger partial charge in [0.2, 0.25) is 0 Å². The summed E-state index contributed by atoms with van der Waals surface area (Å²) in [6, 6.07) is 19.5. The molecule has 1 atom stereocenters. The zero-order chi connectivity index (χ0) is 26.7. The molecule has 190 valence electrons. The minimum atomic E-state index is -1.57. The first kappa shape index (κ1) is 25.9. The van der Waals surface area contributed by atoms with Gasteiger partial charge in [-0.1, -0.05) is 66.8 Å². The predicted octanol–water partition coefficient (Wildman–Crippen LogP) is 6.15. The first-order valence-electron chi connectivity index (χ1n) is 11.9. The van der Waals surface area contributed by atoms with Crippen LogP contribution in [0.15, 0.2) is 71.7 Å². The number of thiophene rings is 1. The van der Waals surface area contributed by atoms with E-state index in [2.05, 4.69) is 42.8 Å². The van der Waals surface area contributed by atoms with Crippen LogP contribution >= 0.6 is 35.2 Å². The van der Waals surface area contributed by atoms with Crippen molar-refractivity contribution >= 4 is 59.3 Å². The van der Waals surface area contributed by atoms with Crippen molar-refractivity contribution in [1.82, 2.24) is 14.1 Å². The average molecular weight is 566 g/mol. The fraction of sp³-hybridized carbons (Fsp3) is 0.214. The zero-order valence-electron chi connectivity index (χ0n) is 21.3. The molecule has 0 bridgehead atoms. The van der Waals surface area contributed by atoms with Crippen LogP contribution < -0.4 is 10.7 Å². The third-order valence-electron chi connectivity index (χ3n) is 7.00. The third-order valence-corrected chi connectivity index (χ3v) is 10.8. The van der Waals surface area contributed by atoms with E-state index in [9.17, 15) is 9.90 Å². The van der Waals surface area contributed by atoms with E-state index in [-0.39, 0.29) is 5.56 Å². The molecule has 9 heteroatoms. The number of aromatic nitrogens is 3. The van der Waals surface area contributed by atoms with Crippen LogP contribution in [0.3, 0.4) is 0 Å². The summed E-state index contributed by atoms with van der Waals surface area (Å²) < 4.78 is 4.50. The molecule has 3 aromatic heterocycles. The number of benzene rings is 2. The highest BCUT2D eigenvalue weighted by atomic mass is 35.5. The molecule has 0 radical (unpaired) electrons. The largest absolute Gasteiger partial charge is 0.374 e. The van der Waals surface area contributed by atoms with E-state index in [0.29, 0.717) is 25.2 Å². The molecule has 1 unspecified atom stereocenters. The molecule has 5 nitrogen and oxygen atoms in total. The Morgan fingerprint density at radius 1 is 1.03 bits per heavy atom. The third kappa shape index (κ3) is 4.36. The van der Waals surface area contributed by atoms with E-state index in [0.717, 1.165) is 22.0 Å². The van der Waals surface area contributed by atoms with Gasteiger partial charge in [-0.05, 0) is 53.2 Å². The second-order valence-electron chi connectivity index (χ2n) is 10.4. The maximum atomic E-state index is 13.0. The minimum Gasteiger partial charge on any atom is -0.374 e. The summed E-state index contributed by atoms with van der Waals surface area (Å²) in [5.41, 5.74) is 2.28. The molecule has 37 heavy (non-hydrogen) atoms. The molecule has 0 saturated heterocycles. The molecule has 0 amide bonds. The number of pyridine rings is 1. The lowest BCUT2D eigenvalue weighted by atomic mass is 9.87. The van der Waals surface area contributed by atoms with Crippen LogP contribution in [0.2, 0.25) is 24.0 Å². The van der Waals surface area contributed by atoms with Crippen molar-refractivity contribution in [1.29, 1.82) is 0 Å². The number of H-pyrrole nitrogens is 1. The molecule has 3 heterocycles. The molecule has 0 saturated carbocycles. The molecule has 0 fully saturated rings. The summed E-state index contributed by atoms with van der Waals surface area (Å²) in [6.45, 7) is 6.93. The number of nitrogens with zero attached hydrogens (tertiary/aromatic N) is 2. The summed E-state index contributed by atoms with van der Waals surface area (Å²) in [5.74, 6) is 0. The van der Waals surface area contributed by atoms with E-state index < -0.39 is 13.7 Å². The molecular weight excluding hydrogens is 538 g/mol. The van der Waals surface area contributed by atoms with Gasteiger partial charge in [-0.2, -0.15) is 0 Å². The van der Waals surface area contributed by atoms with Gasteiger partial charge < -0.3 is 19.2 Å². The monoisotopic (exact) mass is 565 g/mol. The number of rotatable bonds is 5. The van der Waals surface area contributed by atoms with Crippen LogP contribution in [-0.4, -0.2) is 27.3 Å². The normalized spacial score (nSPS) is 13.7. The number of aliphatic hydroxyl groups is 1. The van der Waals surface area contributed by atoms with Crippen LogP contribution in [0.5, 0.6) is 0 Å². The van der Waals surface area contributed by atoms with Gasteiger partial charge in [-0.15, -0.1) is 11.3 Å². The topological polar surface area (TPSA) is 63.0 Å². The summed E-state index contributed by atoms with van der Waals surface area (Å²) in [4.78, 5) is 16.7. The number of imidazole rings is 1. The summed E-state index contributed by atoms with van der Waals surface area (Å²) in [5, 5.41) is 14.6. The predicted molar refractivity (Wildman–Crippen MR) is 160 cm³/mol. The molecule has 2 aromatic carbocycles. The summed E-state index contributed by atoms with van der Waals surface area (Å²) >= 11 is 13.1. The lowest BCUT2D eigenvalue weighted by molar-refractivity contribution is 0.121. The molecule has 0 aliphatic carbocycles. The van der Waals surface area contributed by atoms with Crippen molar-refractivity contribution in [2.24, 2.45) is 14.1 Å². The van der Waals surface area contributed by atoms with Crippen LogP contribution in [-0.2, 0) is 19.7 Å². The fourth-order valence-corrected chi connectivity index (χ4v) is 7.29. The van der Waals surface area contributed by atoms with Crippen molar-refractivity contribution in [3.63, 3.8) is 0 Å². The maximum Gasteiger partial charge on any atom is 0.251 e. The Balaban J connectivity index is 1.83. The highest BCUT2D eigenvalue weighted by Crippen LogP contribution is 2.42.